The maximum Gasteiger partial charge on any atom is 0.337 e. The molecule has 0 bridgehead atoms. The van der Waals surface area contributed by atoms with Gasteiger partial charge in [-0.25, -0.2) is 4.79 Å². The van der Waals surface area contributed by atoms with Gasteiger partial charge in [0.05, 0.1) is 12.7 Å². The number of nitrogens with zero attached hydrogens (tertiary/aromatic N) is 1. The van der Waals surface area contributed by atoms with Crippen molar-refractivity contribution >= 4 is 5.97 Å². The lowest BCUT2D eigenvalue weighted by Gasteiger charge is -2.18. The smallest absolute Gasteiger partial charge is 0.337 e. The minimum absolute atomic E-state index is 0.0309. The molecule has 23 heavy (non-hydrogen) atoms. The molecule has 0 fully saturated rings. The minimum Gasteiger partial charge on any atom is -0.465 e. The van der Waals surface area contributed by atoms with Gasteiger partial charge in [0.2, 0.25) is 0 Å². The number of likely N-dealkylation sites (N-methyl/N-ethyl adjacent to an activating group) is 1. The number of carbonyl (C=O) groups excluding carboxylic acids is 1. The first kappa shape index (κ1) is 19.0. The summed E-state index contributed by atoms with van der Waals surface area (Å²) >= 11 is 0. The SMILES string of the molecule is CCN(C/C=C/C#CC(C)(C)C)Cc1cccc(C(=O)OC)c1. The molecule has 0 N–H and O–H groups in total. The zero-order valence-corrected chi connectivity index (χ0v) is 14.8. The summed E-state index contributed by atoms with van der Waals surface area (Å²) in [5.41, 5.74) is 1.72. The van der Waals surface area contributed by atoms with E-state index in [-0.39, 0.29) is 11.4 Å². The third-order valence-corrected chi connectivity index (χ3v) is 3.21. The van der Waals surface area contributed by atoms with Crippen molar-refractivity contribution in [1.82, 2.24) is 4.90 Å². The number of carbonyl (C=O) groups is 1. The Morgan fingerprint density at radius 2 is 2.09 bits per heavy atom. The van der Waals surface area contributed by atoms with Crippen LogP contribution in [0.4, 0.5) is 0 Å². The minimum atomic E-state index is -0.299. The van der Waals surface area contributed by atoms with E-state index in [1.54, 1.807) is 6.07 Å². The van der Waals surface area contributed by atoms with Gasteiger partial charge < -0.3 is 4.74 Å². The normalized spacial score (nSPS) is 11.4. The van der Waals surface area contributed by atoms with Crippen LogP contribution in [-0.4, -0.2) is 31.1 Å². The predicted octanol–water partition coefficient (Wildman–Crippen LogP) is 3.90. The van der Waals surface area contributed by atoms with Crippen molar-refractivity contribution < 1.29 is 9.53 Å². The Labute approximate surface area is 140 Å². The van der Waals surface area contributed by atoms with Crippen LogP contribution in [0.25, 0.3) is 0 Å². The molecule has 0 radical (unpaired) electrons. The second kappa shape index (κ2) is 9.17. The van der Waals surface area contributed by atoms with E-state index in [1.807, 2.05) is 24.3 Å². The first-order valence-corrected chi connectivity index (χ1v) is 7.93. The van der Waals surface area contributed by atoms with E-state index in [1.165, 1.54) is 7.11 Å². The van der Waals surface area contributed by atoms with Crippen LogP contribution in [0.5, 0.6) is 0 Å². The van der Waals surface area contributed by atoms with Crippen LogP contribution in [0.1, 0.15) is 43.6 Å². The third kappa shape index (κ3) is 7.67. The number of ether oxygens (including phenoxy) is 1. The second-order valence-corrected chi connectivity index (χ2v) is 6.44. The molecule has 0 atom stereocenters. The van der Waals surface area contributed by atoms with Crippen molar-refractivity contribution in [2.75, 3.05) is 20.2 Å². The standard InChI is InChI=1S/C20H27NO2/c1-6-21(14-9-7-8-13-20(2,3)4)16-17-11-10-12-18(15-17)19(22)23-5/h7,9-12,15H,6,14,16H2,1-5H3/b9-7+. The van der Waals surface area contributed by atoms with Crippen LogP contribution < -0.4 is 0 Å². The molecule has 1 aromatic rings. The van der Waals surface area contributed by atoms with E-state index >= 15 is 0 Å². The molecule has 0 aromatic heterocycles. The molecule has 0 aliphatic heterocycles. The highest BCUT2D eigenvalue weighted by Gasteiger charge is 2.07. The Balaban J connectivity index is 2.64. The zero-order valence-electron chi connectivity index (χ0n) is 14.8. The molecule has 0 saturated heterocycles. The van der Waals surface area contributed by atoms with Crippen molar-refractivity contribution in [2.24, 2.45) is 5.41 Å². The summed E-state index contributed by atoms with van der Waals surface area (Å²) in [5, 5.41) is 0. The number of esters is 1. The number of benzene rings is 1. The Morgan fingerprint density at radius 3 is 2.70 bits per heavy atom. The molecule has 3 heteroatoms. The Morgan fingerprint density at radius 1 is 1.35 bits per heavy atom. The highest BCUT2D eigenvalue weighted by Crippen LogP contribution is 2.10. The number of hydrogen-bond donors (Lipinski definition) is 0. The van der Waals surface area contributed by atoms with Gasteiger partial charge >= 0.3 is 5.97 Å². The quantitative estimate of drug-likeness (QED) is 0.589. The maximum atomic E-state index is 11.6. The van der Waals surface area contributed by atoms with Crippen LogP contribution in [0.3, 0.4) is 0 Å². The van der Waals surface area contributed by atoms with Gasteiger partial charge in [-0.1, -0.05) is 37.0 Å². The van der Waals surface area contributed by atoms with E-state index in [0.29, 0.717) is 5.56 Å². The molecule has 0 unspecified atom stereocenters. The first-order valence-electron chi connectivity index (χ1n) is 7.93. The van der Waals surface area contributed by atoms with Crippen LogP contribution in [-0.2, 0) is 11.3 Å². The lowest BCUT2D eigenvalue weighted by molar-refractivity contribution is 0.0600. The third-order valence-electron chi connectivity index (χ3n) is 3.21. The summed E-state index contributed by atoms with van der Waals surface area (Å²) in [6, 6.07) is 7.57. The highest BCUT2D eigenvalue weighted by atomic mass is 16.5. The Kier molecular flexibility index (Phi) is 7.57. The Hall–Kier alpha value is -2.05. The lowest BCUT2D eigenvalue weighted by Crippen LogP contribution is -2.23. The van der Waals surface area contributed by atoms with Gasteiger partial charge in [-0.3, -0.25) is 4.90 Å². The summed E-state index contributed by atoms with van der Waals surface area (Å²) in [6.45, 7) is 11.0. The van der Waals surface area contributed by atoms with Gasteiger partial charge in [0.1, 0.15) is 0 Å². The summed E-state index contributed by atoms with van der Waals surface area (Å²) < 4.78 is 4.76. The number of allylic oxidation sites excluding steroid dienone is 1. The maximum absolute atomic E-state index is 11.6. The molecular weight excluding hydrogens is 286 g/mol. The molecule has 1 aromatic carbocycles. The van der Waals surface area contributed by atoms with Gasteiger partial charge in [0, 0.05) is 18.5 Å². The molecule has 0 heterocycles. The van der Waals surface area contributed by atoms with E-state index in [4.69, 9.17) is 4.74 Å². The topological polar surface area (TPSA) is 29.5 Å². The summed E-state index contributed by atoms with van der Waals surface area (Å²) in [4.78, 5) is 13.9. The van der Waals surface area contributed by atoms with Gasteiger partial charge in [-0.05, 0) is 51.1 Å². The van der Waals surface area contributed by atoms with Crippen molar-refractivity contribution in [3.8, 4) is 11.8 Å². The first-order chi connectivity index (χ1) is 10.9. The fourth-order valence-corrected chi connectivity index (χ4v) is 2.00. The van der Waals surface area contributed by atoms with Gasteiger partial charge in [-0.15, -0.1) is 0 Å². The molecule has 0 spiro atoms. The molecule has 0 saturated carbocycles. The molecule has 0 aliphatic rings. The fraction of sp³-hybridized carbons (Fsp3) is 0.450. The average molecular weight is 313 g/mol. The molecule has 124 valence electrons. The van der Waals surface area contributed by atoms with Gasteiger partial charge in [0.25, 0.3) is 0 Å². The average Bonchev–Trinajstić information content (AvgIpc) is 2.51. The van der Waals surface area contributed by atoms with Crippen LogP contribution in [0, 0.1) is 17.3 Å². The zero-order chi connectivity index (χ0) is 17.3. The van der Waals surface area contributed by atoms with E-state index in [9.17, 15) is 4.79 Å². The van der Waals surface area contributed by atoms with Crippen molar-refractivity contribution in [3.05, 3.63) is 47.5 Å². The molecule has 1 rings (SSSR count). The molecule has 0 aliphatic carbocycles. The monoisotopic (exact) mass is 313 g/mol. The predicted molar refractivity (Wildman–Crippen MR) is 95.1 cm³/mol. The molecule has 3 nitrogen and oxygen atoms in total. The lowest BCUT2D eigenvalue weighted by atomic mass is 9.98. The van der Waals surface area contributed by atoms with E-state index < -0.39 is 0 Å². The van der Waals surface area contributed by atoms with E-state index in [0.717, 1.165) is 25.2 Å². The van der Waals surface area contributed by atoms with Crippen LogP contribution in [0.15, 0.2) is 36.4 Å². The van der Waals surface area contributed by atoms with Crippen molar-refractivity contribution in [2.45, 2.75) is 34.2 Å². The number of methoxy groups -OCH3 is 1. The summed E-state index contributed by atoms with van der Waals surface area (Å²) in [5.74, 6) is 5.97. The molecule has 0 amide bonds. The van der Waals surface area contributed by atoms with Crippen molar-refractivity contribution in [1.29, 1.82) is 0 Å². The number of rotatable bonds is 6. The van der Waals surface area contributed by atoms with Gasteiger partial charge in [0.15, 0.2) is 0 Å². The van der Waals surface area contributed by atoms with Crippen LogP contribution in [0.2, 0.25) is 0 Å². The highest BCUT2D eigenvalue weighted by molar-refractivity contribution is 5.89. The summed E-state index contributed by atoms with van der Waals surface area (Å²) in [6.07, 6.45) is 3.99. The van der Waals surface area contributed by atoms with Crippen LogP contribution >= 0.6 is 0 Å². The largest absolute Gasteiger partial charge is 0.465 e. The number of hydrogen-bond acceptors (Lipinski definition) is 3. The second-order valence-electron chi connectivity index (χ2n) is 6.44. The molecular formula is C20H27NO2. The Bertz CT molecular complexity index is 600. The van der Waals surface area contributed by atoms with Gasteiger partial charge in [-0.2, -0.15) is 0 Å². The fourth-order valence-electron chi connectivity index (χ4n) is 2.00. The van der Waals surface area contributed by atoms with Crippen molar-refractivity contribution in [3.63, 3.8) is 0 Å². The van der Waals surface area contributed by atoms with E-state index in [2.05, 4.69) is 50.5 Å². The summed E-state index contributed by atoms with van der Waals surface area (Å²) in [7, 11) is 1.40.